The Morgan fingerprint density at radius 3 is 2.64 bits per heavy atom. The number of fused-ring (bicyclic) bond motifs is 1. The number of likely N-dealkylation sites (N-methyl/N-ethyl adjacent to an activating group) is 1. The van der Waals surface area contributed by atoms with Crippen LogP contribution in [0.3, 0.4) is 0 Å². The van der Waals surface area contributed by atoms with E-state index in [9.17, 15) is 14.7 Å². The van der Waals surface area contributed by atoms with E-state index >= 15 is 4.39 Å². The first-order chi connectivity index (χ1) is 15.5. The fraction of sp³-hybridized carbons (Fsp3) is 0.360. The Morgan fingerprint density at radius 1 is 1.18 bits per heavy atom. The molecular formula is C25H28FN3O4. The molecule has 0 spiro atoms. The molecule has 2 heterocycles. The van der Waals surface area contributed by atoms with Crippen LogP contribution in [0, 0.1) is 5.82 Å². The van der Waals surface area contributed by atoms with Gasteiger partial charge in [-0.15, -0.1) is 0 Å². The number of carbonyl (C=O) groups excluding carboxylic acids is 1. The summed E-state index contributed by atoms with van der Waals surface area (Å²) in [4.78, 5) is 28.7. The van der Waals surface area contributed by atoms with Crippen LogP contribution in [0.15, 0.2) is 53.5 Å². The zero-order chi connectivity index (χ0) is 23.9. The fourth-order valence-corrected chi connectivity index (χ4v) is 4.10. The molecular weight excluding hydrogens is 425 g/mol. The highest BCUT2D eigenvalue weighted by molar-refractivity contribution is 5.83. The molecule has 4 rings (SSSR count). The molecule has 8 heteroatoms. The number of aromatic nitrogens is 1. The van der Waals surface area contributed by atoms with Crippen molar-refractivity contribution in [3.8, 4) is 11.4 Å². The Morgan fingerprint density at radius 2 is 1.94 bits per heavy atom. The number of halogens is 1. The molecule has 1 N–H and O–H groups in total. The van der Waals surface area contributed by atoms with Crippen molar-refractivity contribution in [2.24, 2.45) is 0 Å². The zero-order valence-electron chi connectivity index (χ0n) is 19.2. The van der Waals surface area contributed by atoms with Gasteiger partial charge in [0.25, 0.3) is 5.56 Å². The molecule has 0 aliphatic carbocycles. The van der Waals surface area contributed by atoms with Crippen LogP contribution in [-0.4, -0.2) is 52.4 Å². The number of ether oxygens (including phenoxy) is 1. The van der Waals surface area contributed by atoms with Crippen LogP contribution in [0.5, 0.6) is 5.75 Å². The predicted molar refractivity (Wildman–Crippen MR) is 126 cm³/mol. The van der Waals surface area contributed by atoms with Crippen molar-refractivity contribution < 1.29 is 19.0 Å². The lowest BCUT2D eigenvalue weighted by molar-refractivity contribution is 0.0238. The van der Waals surface area contributed by atoms with Gasteiger partial charge in [0.1, 0.15) is 17.2 Å². The van der Waals surface area contributed by atoms with Crippen LogP contribution in [0.25, 0.3) is 16.5 Å². The number of hydrogen-bond donors (Lipinski definition) is 1. The number of benzene rings is 2. The summed E-state index contributed by atoms with van der Waals surface area (Å²) >= 11 is 0. The quantitative estimate of drug-likeness (QED) is 0.641. The van der Waals surface area contributed by atoms with E-state index in [1.807, 2.05) is 25.7 Å². The highest BCUT2D eigenvalue weighted by Gasteiger charge is 2.32. The number of carbonyl (C=O) groups is 1. The number of hydrogen-bond acceptors (Lipinski definition) is 5. The number of pyridine rings is 1. The van der Waals surface area contributed by atoms with Crippen molar-refractivity contribution in [1.29, 1.82) is 0 Å². The van der Waals surface area contributed by atoms with E-state index in [0.717, 1.165) is 0 Å². The van der Waals surface area contributed by atoms with Gasteiger partial charge in [0, 0.05) is 37.8 Å². The van der Waals surface area contributed by atoms with Gasteiger partial charge in [-0.3, -0.25) is 9.36 Å². The van der Waals surface area contributed by atoms with Crippen LogP contribution in [0.4, 0.5) is 14.9 Å². The van der Waals surface area contributed by atoms with Crippen LogP contribution < -0.4 is 10.5 Å². The molecule has 1 aliphatic heterocycles. The van der Waals surface area contributed by atoms with Gasteiger partial charge in [-0.05, 0) is 69.0 Å². The standard InChI is InChI=1S/C25H28FN3O4/c1-25(2,3)33-24(32)27(4)18-10-11-28(15-18)22-8-5-17(14-21(22)26)29-12-9-16-13-19(30)6-7-20(16)23(29)31/h5-9,12-14,18,30H,10-11,15H2,1-4H3. The average Bonchev–Trinajstić information content (AvgIpc) is 3.22. The SMILES string of the molecule is CN(C(=O)OC(C)(C)C)C1CCN(c2ccc(-n3ccc4cc(O)ccc4c3=O)cc2F)C1. The minimum atomic E-state index is -0.577. The van der Waals surface area contributed by atoms with Gasteiger partial charge in [-0.2, -0.15) is 0 Å². The number of amides is 1. The van der Waals surface area contributed by atoms with E-state index in [2.05, 4.69) is 0 Å². The van der Waals surface area contributed by atoms with Gasteiger partial charge < -0.3 is 19.6 Å². The monoisotopic (exact) mass is 453 g/mol. The number of rotatable bonds is 3. The summed E-state index contributed by atoms with van der Waals surface area (Å²) in [6, 6.07) is 10.9. The summed E-state index contributed by atoms with van der Waals surface area (Å²) in [7, 11) is 1.70. The van der Waals surface area contributed by atoms with Crippen LogP contribution in [-0.2, 0) is 4.74 Å². The molecule has 1 aliphatic rings. The number of nitrogens with zero attached hydrogens (tertiary/aromatic N) is 3. The molecule has 33 heavy (non-hydrogen) atoms. The maximum Gasteiger partial charge on any atom is 0.410 e. The van der Waals surface area contributed by atoms with Gasteiger partial charge in [0.05, 0.1) is 17.4 Å². The highest BCUT2D eigenvalue weighted by Crippen LogP contribution is 2.28. The first-order valence-electron chi connectivity index (χ1n) is 10.9. The predicted octanol–water partition coefficient (Wildman–Crippen LogP) is 4.28. The number of phenols is 1. The fourth-order valence-electron chi connectivity index (χ4n) is 4.10. The molecule has 1 atom stereocenters. The topological polar surface area (TPSA) is 75.0 Å². The van der Waals surface area contributed by atoms with E-state index in [1.54, 1.807) is 42.4 Å². The first kappa shape index (κ1) is 22.6. The maximum atomic E-state index is 15.1. The minimum Gasteiger partial charge on any atom is -0.508 e. The van der Waals surface area contributed by atoms with E-state index < -0.39 is 17.5 Å². The van der Waals surface area contributed by atoms with Crippen LogP contribution in [0.2, 0.25) is 0 Å². The molecule has 0 radical (unpaired) electrons. The molecule has 2 aromatic carbocycles. The molecule has 0 saturated carbocycles. The van der Waals surface area contributed by atoms with Crippen LogP contribution >= 0.6 is 0 Å². The van der Waals surface area contributed by atoms with Gasteiger partial charge in [0.15, 0.2) is 0 Å². The Kier molecular flexibility index (Phi) is 5.78. The lowest BCUT2D eigenvalue weighted by Crippen LogP contribution is -2.42. The van der Waals surface area contributed by atoms with E-state index in [0.29, 0.717) is 41.7 Å². The Labute approximate surface area is 191 Å². The van der Waals surface area contributed by atoms with Crippen molar-refractivity contribution in [3.05, 3.63) is 64.8 Å². The van der Waals surface area contributed by atoms with Crippen molar-refractivity contribution >= 4 is 22.6 Å². The molecule has 1 aromatic heterocycles. The minimum absolute atomic E-state index is 0.0799. The molecule has 1 amide bonds. The summed E-state index contributed by atoms with van der Waals surface area (Å²) in [5.74, 6) is -0.359. The second-order valence-electron chi connectivity index (χ2n) is 9.38. The molecule has 1 unspecified atom stereocenters. The third-order valence-electron chi connectivity index (χ3n) is 5.83. The Balaban J connectivity index is 1.54. The van der Waals surface area contributed by atoms with E-state index in [1.165, 1.54) is 22.8 Å². The summed E-state index contributed by atoms with van der Waals surface area (Å²) in [6.45, 7) is 6.56. The highest BCUT2D eigenvalue weighted by atomic mass is 19.1. The number of phenolic OH excluding ortho intramolecular Hbond substituents is 1. The van der Waals surface area contributed by atoms with Gasteiger partial charge in [0.2, 0.25) is 0 Å². The number of anilines is 1. The van der Waals surface area contributed by atoms with Crippen molar-refractivity contribution in [1.82, 2.24) is 9.47 Å². The third-order valence-corrected chi connectivity index (χ3v) is 5.83. The zero-order valence-corrected chi connectivity index (χ0v) is 19.2. The smallest absolute Gasteiger partial charge is 0.410 e. The van der Waals surface area contributed by atoms with Crippen molar-refractivity contribution in [3.63, 3.8) is 0 Å². The summed E-state index contributed by atoms with van der Waals surface area (Å²) in [5, 5.41) is 10.7. The van der Waals surface area contributed by atoms with E-state index in [-0.39, 0.29) is 17.4 Å². The van der Waals surface area contributed by atoms with Gasteiger partial charge in [-0.25, -0.2) is 9.18 Å². The summed E-state index contributed by atoms with van der Waals surface area (Å²) < 4.78 is 21.9. The molecule has 174 valence electrons. The summed E-state index contributed by atoms with van der Waals surface area (Å²) in [6.07, 6.45) is 1.88. The second-order valence-corrected chi connectivity index (χ2v) is 9.38. The maximum absolute atomic E-state index is 15.1. The van der Waals surface area contributed by atoms with Gasteiger partial charge >= 0.3 is 6.09 Å². The average molecular weight is 454 g/mol. The van der Waals surface area contributed by atoms with Crippen molar-refractivity contribution in [2.75, 3.05) is 25.0 Å². The number of aromatic hydroxyl groups is 1. The normalized spacial score (nSPS) is 16.3. The molecule has 3 aromatic rings. The van der Waals surface area contributed by atoms with E-state index in [4.69, 9.17) is 4.74 Å². The van der Waals surface area contributed by atoms with Crippen molar-refractivity contribution in [2.45, 2.75) is 38.8 Å². The lowest BCUT2D eigenvalue weighted by atomic mass is 10.1. The molecule has 7 nitrogen and oxygen atoms in total. The Hall–Kier alpha value is -3.55. The van der Waals surface area contributed by atoms with Crippen LogP contribution in [0.1, 0.15) is 27.2 Å². The molecule has 1 saturated heterocycles. The Bertz CT molecular complexity index is 1260. The van der Waals surface area contributed by atoms with Gasteiger partial charge in [-0.1, -0.05) is 0 Å². The molecule has 1 fully saturated rings. The first-order valence-corrected chi connectivity index (χ1v) is 10.9. The molecule has 0 bridgehead atoms. The largest absolute Gasteiger partial charge is 0.508 e. The summed E-state index contributed by atoms with van der Waals surface area (Å²) in [5.41, 5.74) is -0.0254. The second kappa shape index (κ2) is 8.42. The lowest BCUT2D eigenvalue weighted by Gasteiger charge is -2.29. The third kappa shape index (κ3) is 4.65.